The van der Waals surface area contributed by atoms with E-state index in [9.17, 15) is 22.8 Å². The first-order chi connectivity index (χ1) is 16.7. The van der Waals surface area contributed by atoms with Crippen LogP contribution >= 0.6 is 11.6 Å². The summed E-state index contributed by atoms with van der Waals surface area (Å²) in [6.45, 7) is 2.16. The van der Waals surface area contributed by atoms with Crippen LogP contribution in [0.2, 0.25) is 5.02 Å². The van der Waals surface area contributed by atoms with Crippen LogP contribution in [0.1, 0.15) is 53.3 Å². The summed E-state index contributed by atoms with van der Waals surface area (Å²) < 4.78 is 37.5. The molecule has 0 unspecified atom stereocenters. The van der Waals surface area contributed by atoms with E-state index in [-0.39, 0.29) is 22.1 Å². The highest BCUT2D eigenvalue weighted by molar-refractivity contribution is 7.89. The predicted octanol–water partition coefficient (Wildman–Crippen LogP) is 3.88. The summed E-state index contributed by atoms with van der Waals surface area (Å²) in [5.74, 6) is -1.94. The number of carbonyl (C=O) groups is 3. The lowest BCUT2D eigenvalue weighted by molar-refractivity contribution is -0.119. The molecule has 35 heavy (non-hydrogen) atoms. The van der Waals surface area contributed by atoms with Crippen molar-refractivity contribution in [3.8, 4) is 0 Å². The number of nitrogens with zero attached hydrogens (tertiary/aromatic N) is 1. The Labute approximate surface area is 209 Å². The van der Waals surface area contributed by atoms with Gasteiger partial charge in [0, 0.05) is 18.8 Å². The Hall–Kier alpha value is -2.95. The Balaban J connectivity index is 1.62. The fraction of sp³-hybridized carbons (Fsp3) is 0.375. The third kappa shape index (κ3) is 7.03. The molecule has 2 aromatic rings. The quantitative estimate of drug-likeness (QED) is 0.522. The summed E-state index contributed by atoms with van der Waals surface area (Å²) >= 11 is 6.16. The van der Waals surface area contributed by atoms with E-state index in [2.05, 4.69) is 5.32 Å². The number of benzene rings is 2. The standard InChI is InChI=1S/C24H27ClN2O7S/c1-2-33-23(29)17-7-10-19(11-8-17)26-22(28)16-34-24(30)18-9-12-20(25)21(15-18)35(31,32)27-13-5-3-4-6-14-27/h7-12,15H,2-6,13-14,16H2,1H3,(H,26,28). The highest BCUT2D eigenvalue weighted by Gasteiger charge is 2.28. The SMILES string of the molecule is CCOC(=O)c1ccc(NC(=O)COC(=O)c2ccc(Cl)c(S(=O)(=O)N3CCCCCC3)c2)cc1. The molecule has 11 heteroatoms. The number of rotatable bonds is 8. The number of sulfonamides is 1. The van der Waals surface area contributed by atoms with E-state index in [1.54, 1.807) is 6.92 Å². The molecule has 1 N–H and O–H groups in total. The van der Waals surface area contributed by atoms with Crippen LogP contribution in [0.25, 0.3) is 0 Å². The zero-order chi connectivity index (χ0) is 25.4. The van der Waals surface area contributed by atoms with Crippen molar-refractivity contribution in [3.63, 3.8) is 0 Å². The molecule has 188 valence electrons. The van der Waals surface area contributed by atoms with Gasteiger partial charge in [0.1, 0.15) is 4.90 Å². The summed E-state index contributed by atoms with van der Waals surface area (Å²) in [6.07, 6.45) is 3.45. The molecule has 2 aromatic carbocycles. The third-order valence-corrected chi connectivity index (χ3v) is 7.74. The number of anilines is 1. The van der Waals surface area contributed by atoms with Gasteiger partial charge in [0.05, 0.1) is 22.8 Å². The van der Waals surface area contributed by atoms with E-state index in [4.69, 9.17) is 21.1 Å². The molecule has 3 rings (SSSR count). The van der Waals surface area contributed by atoms with E-state index in [1.165, 1.54) is 46.8 Å². The molecule has 1 aliphatic rings. The van der Waals surface area contributed by atoms with Crippen LogP contribution in [-0.4, -0.2) is 56.9 Å². The fourth-order valence-corrected chi connectivity index (χ4v) is 5.58. The monoisotopic (exact) mass is 522 g/mol. The number of carbonyl (C=O) groups excluding carboxylic acids is 3. The second-order valence-electron chi connectivity index (χ2n) is 7.89. The Bertz CT molecular complexity index is 1170. The second kappa shape index (κ2) is 12.1. The van der Waals surface area contributed by atoms with E-state index >= 15 is 0 Å². The first kappa shape index (κ1) is 26.7. The number of esters is 2. The van der Waals surface area contributed by atoms with Gasteiger partial charge in [-0.15, -0.1) is 0 Å². The van der Waals surface area contributed by atoms with Gasteiger partial charge < -0.3 is 14.8 Å². The minimum absolute atomic E-state index is 0.00908. The molecule has 0 spiro atoms. The average molecular weight is 523 g/mol. The Morgan fingerprint density at radius 1 is 0.914 bits per heavy atom. The smallest absolute Gasteiger partial charge is 0.338 e. The largest absolute Gasteiger partial charge is 0.462 e. The van der Waals surface area contributed by atoms with E-state index < -0.39 is 34.5 Å². The van der Waals surface area contributed by atoms with Crippen molar-refractivity contribution in [2.24, 2.45) is 0 Å². The van der Waals surface area contributed by atoms with Gasteiger partial charge in [0.25, 0.3) is 5.91 Å². The summed E-state index contributed by atoms with van der Waals surface area (Å²) in [7, 11) is -3.88. The molecule has 9 nitrogen and oxygen atoms in total. The number of ether oxygens (including phenoxy) is 2. The maximum absolute atomic E-state index is 13.1. The lowest BCUT2D eigenvalue weighted by Gasteiger charge is -2.21. The molecule has 0 atom stereocenters. The van der Waals surface area contributed by atoms with E-state index in [1.807, 2.05) is 0 Å². The Morgan fingerprint density at radius 3 is 2.14 bits per heavy atom. The van der Waals surface area contributed by atoms with Crippen molar-refractivity contribution in [2.45, 2.75) is 37.5 Å². The van der Waals surface area contributed by atoms with Gasteiger partial charge in [0.2, 0.25) is 10.0 Å². The lowest BCUT2D eigenvalue weighted by Crippen LogP contribution is -2.32. The van der Waals surface area contributed by atoms with Crippen LogP contribution in [0, 0.1) is 0 Å². The predicted molar refractivity (Wildman–Crippen MR) is 130 cm³/mol. The van der Waals surface area contributed by atoms with Gasteiger partial charge in [-0.1, -0.05) is 24.4 Å². The van der Waals surface area contributed by atoms with Crippen LogP contribution in [0.5, 0.6) is 0 Å². The first-order valence-corrected chi connectivity index (χ1v) is 13.1. The van der Waals surface area contributed by atoms with Crippen LogP contribution in [0.15, 0.2) is 47.4 Å². The summed E-state index contributed by atoms with van der Waals surface area (Å²) in [5.41, 5.74) is 0.704. The average Bonchev–Trinajstić information content (AvgIpc) is 3.14. The molecule has 1 amide bonds. The number of amides is 1. The van der Waals surface area contributed by atoms with Crippen molar-refractivity contribution < 1.29 is 32.3 Å². The topological polar surface area (TPSA) is 119 Å². The second-order valence-corrected chi connectivity index (χ2v) is 10.2. The summed E-state index contributed by atoms with van der Waals surface area (Å²) in [4.78, 5) is 36.2. The molecule has 0 aliphatic carbocycles. The van der Waals surface area contributed by atoms with Crippen LogP contribution in [0.3, 0.4) is 0 Å². The summed E-state index contributed by atoms with van der Waals surface area (Å²) in [6, 6.07) is 9.89. The molecular formula is C24H27ClN2O7S. The van der Waals surface area contributed by atoms with E-state index in [0.717, 1.165) is 25.7 Å². The third-order valence-electron chi connectivity index (χ3n) is 5.36. The normalized spacial score (nSPS) is 14.6. The maximum atomic E-state index is 13.1. The molecule has 0 radical (unpaired) electrons. The Kier molecular flexibility index (Phi) is 9.25. The minimum Gasteiger partial charge on any atom is -0.462 e. The molecule has 1 aliphatic heterocycles. The maximum Gasteiger partial charge on any atom is 0.338 e. The zero-order valence-electron chi connectivity index (χ0n) is 19.3. The number of halogens is 1. The molecule has 1 heterocycles. The van der Waals surface area contributed by atoms with Crippen LogP contribution in [0.4, 0.5) is 5.69 Å². The number of hydrogen-bond donors (Lipinski definition) is 1. The van der Waals surface area contributed by atoms with Crippen molar-refractivity contribution >= 4 is 45.2 Å². The van der Waals surface area contributed by atoms with Crippen LogP contribution < -0.4 is 5.32 Å². The molecule has 1 fully saturated rings. The van der Waals surface area contributed by atoms with Crippen molar-refractivity contribution in [3.05, 3.63) is 58.6 Å². The highest BCUT2D eigenvalue weighted by Crippen LogP contribution is 2.28. The van der Waals surface area contributed by atoms with Crippen molar-refractivity contribution in [1.29, 1.82) is 0 Å². The zero-order valence-corrected chi connectivity index (χ0v) is 20.9. The number of hydrogen-bond acceptors (Lipinski definition) is 7. The molecule has 1 saturated heterocycles. The van der Waals surface area contributed by atoms with Crippen molar-refractivity contribution in [2.75, 3.05) is 31.6 Å². The minimum atomic E-state index is -3.88. The van der Waals surface area contributed by atoms with Gasteiger partial charge in [0.15, 0.2) is 6.61 Å². The van der Waals surface area contributed by atoms with Crippen LogP contribution in [-0.2, 0) is 24.3 Å². The fourth-order valence-electron chi connectivity index (χ4n) is 3.56. The first-order valence-electron chi connectivity index (χ1n) is 11.3. The number of nitrogens with one attached hydrogen (secondary N) is 1. The molecule has 0 aromatic heterocycles. The highest BCUT2D eigenvalue weighted by atomic mass is 35.5. The summed E-state index contributed by atoms with van der Waals surface area (Å²) in [5, 5.41) is 2.56. The lowest BCUT2D eigenvalue weighted by atomic mass is 10.2. The van der Waals surface area contributed by atoms with Gasteiger partial charge in [-0.2, -0.15) is 4.31 Å². The molecule has 0 bridgehead atoms. The Morgan fingerprint density at radius 2 is 1.51 bits per heavy atom. The molecule has 0 saturated carbocycles. The van der Waals surface area contributed by atoms with Gasteiger partial charge in [-0.25, -0.2) is 18.0 Å². The van der Waals surface area contributed by atoms with Gasteiger partial charge >= 0.3 is 11.9 Å². The van der Waals surface area contributed by atoms with E-state index in [0.29, 0.717) is 24.3 Å². The molecular weight excluding hydrogens is 496 g/mol. The van der Waals surface area contributed by atoms with Crippen molar-refractivity contribution in [1.82, 2.24) is 4.31 Å². The van der Waals surface area contributed by atoms with Gasteiger partial charge in [-0.3, -0.25) is 4.79 Å². The van der Waals surface area contributed by atoms with Gasteiger partial charge in [-0.05, 0) is 62.2 Å².